The average Bonchev–Trinajstić information content (AvgIpc) is 2.52. The second-order valence-corrected chi connectivity index (χ2v) is 7.02. The molecule has 2 saturated heterocycles. The standard InChI is InChI=1S/C15H25N/c1-11-5-4-6-12-9-15(2,3)10-13-7-8-16(11)14(12)13/h12-14H,1,4-10H2,2-3H3/t12-,13+,14-/m1/s1. The van der Waals surface area contributed by atoms with E-state index in [1.165, 1.54) is 50.8 Å². The topological polar surface area (TPSA) is 3.24 Å². The fourth-order valence-corrected chi connectivity index (χ4v) is 4.72. The molecule has 90 valence electrons. The maximum absolute atomic E-state index is 4.31. The lowest BCUT2D eigenvalue weighted by atomic mass is 9.64. The summed E-state index contributed by atoms with van der Waals surface area (Å²) in [6, 6.07) is 0.864. The van der Waals surface area contributed by atoms with E-state index in [-0.39, 0.29) is 0 Å². The summed E-state index contributed by atoms with van der Waals surface area (Å²) in [6.45, 7) is 10.6. The quantitative estimate of drug-likeness (QED) is 0.599. The van der Waals surface area contributed by atoms with Crippen molar-refractivity contribution in [1.29, 1.82) is 0 Å². The van der Waals surface area contributed by atoms with Gasteiger partial charge in [0, 0.05) is 18.3 Å². The van der Waals surface area contributed by atoms with Crippen molar-refractivity contribution >= 4 is 0 Å². The van der Waals surface area contributed by atoms with Gasteiger partial charge in [0.05, 0.1) is 0 Å². The molecule has 2 heterocycles. The van der Waals surface area contributed by atoms with E-state index >= 15 is 0 Å². The average molecular weight is 219 g/mol. The van der Waals surface area contributed by atoms with Crippen LogP contribution in [0.5, 0.6) is 0 Å². The summed E-state index contributed by atoms with van der Waals surface area (Å²) in [5.74, 6) is 1.92. The first kappa shape index (κ1) is 10.7. The lowest BCUT2D eigenvalue weighted by molar-refractivity contribution is 0.0673. The normalized spacial score (nSPS) is 41.8. The monoisotopic (exact) mass is 219 g/mol. The molecule has 3 aliphatic rings. The predicted molar refractivity (Wildman–Crippen MR) is 68.1 cm³/mol. The van der Waals surface area contributed by atoms with E-state index in [4.69, 9.17) is 0 Å². The van der Waals surface area contributed by atoms with Crippen LogP contribution in [-0.2, 0) is 0 Å². The summed E-state index contributed by atoms with van der Waals surface area (Å²) in [6.07, 6.45) is 8.37. The van der Waals surface area contributed by atoms with Gasteiger partial charge in [0.25, 0.3) is 0 Å². The number of nitrogens with zero attached hydrogens (tertiary/aromatic N) is 1. The molecule has 2 aliphatic heterocycles. The molecule has 1 heteroatoms. The predicted octanol–water partition coefficient (Wildman–Crippen LogP) is 3.81. The first-order chi connectivity index (χ1) is 7.57. The molecule has 0 bridgehead atoms. The van der Waals surface area contributed by atoms with Crippen molar-refractivity contribution in [1.82, 2.24) is 4.90 Å². The van der Waals surface area contributed by atoms with E-state index in [9.17, 15) is 0 Å². The Balaban J connectivity index is 1.90. The number of hydrogen-bond donors (Lipinski definition) is 0. The zero-order valence-electron chi connectivity index (χ0n) is 10.8. The molecule has 1 aliphatic carbocycles. The summed E-state index contributed by atoms with van der Waals surface area (Å²) in [4.78, 5) is 2.68. The van der Waals surface area contributed by atoms with Gasteiger partial charge in [0.15, 0.2) is 0 Å². The largest absolute Gasteiger partial charge is 0.372 e. The Morgan fingerprint density at radius 1 is 1.19 bits per heavy atom. The number of hydrogen-bond acceptors (Lipinski definition) is 1. The second-order valence-electron chi connectivity index (χ2n) is 7.02. The molecular weight excluding hydrogens is 194 g/mol. The molecule has 1 nitrogen and oxygen atoms in total. The van der Waals surface area contributed by atoms with Crippen molar-refractivity contribution in [3.63, 3.8) is 0 Å². The molecular formula is C15H25N. The van der Waals surface area contributed by atoms with E-state index in [2.05, 4.69) is 25.3 Å². The Hall–Kier alpha value is -0.460. The van der Waals surface area contributed by atoms with Gasteiger partial charge in [-0.2, -0.15) is 0 Å². The van der Waals surface area contributed by atoms with Crippen molar-refractivity contribution < 1.29 is 0 Å². The van der Waals surface area contributed by atoms with Crippen LogP contribution in [0.15, 0.2) is 12.3 Å². The Kier molecular flexibility index (Phi) is 2.35. The van der Waals surface area contributed by atoms with Crippen molar-refractivity contribution in [2.75, 3.05) is 6.54 Å². The summed E-state index contributed by atoms with van der Waals surface area (Å²) in [7, 11) is 0. The van der Waals surface area contributed by atoms with Crippen LogP contribution in [0, 0.1) is 17.3 Å². The highest BCUT2D eigenvalue weighted by Crippen LogP contribution is 2.51. The second kappa shape index (κ2) is 3.51. The molecule has 1 saturated carbocycles. The summed E-state index contributed by atoms with van der Waals surface area (Å²) in [5, 5.41) is 0. The van der Waals surface area contributed by atoms with Crippen LogP contribution in [0.4, 0.5) is 0 Å². The highest BCUT2D eigenvalue weighted by molar-refractivity contribution is 5.09. The molecule has 0 amide bonds. The maximum Gasteiger partial charge on any atom is 0.0344 e. The molecule has 3 atom stereocenters. The molecule has 0 aromatic heterocycles. The van der Waals surface area contributed by atoms with Crippen LogP contribution in [0.2, 0.25) is 0 Å². The van der Waals surface area contributed by atoms with Crippen molar-refractivity contribution in [3.8, 4) is 0 Å². The van der Waals surface area contributed by atoms with Crippen molar-refractivity contribution in [2.24, 2.45) is 17.3 Å². The van der Waals surface area contributed by atoms with Gasteiger partial charge in [-0.25, -0.2) is 0 Å². The molecule has 3 fully saturated rings. The minimum atomic E-state index is 0.591. The van der Waals surface area contributed by atoms with Gasteiger partial charge in [-0.15, -0.1) is 0 Å². The molecule has 0 aromatic carbocycles. The van der Waals surface area contributed by atoms with Crippen LogP contribution in [-0.4, -0.2) is 17.5 Å². The summed E-state index contributed by atoms with van der Waals surface area (Å²) < 4.78 is 0. The number of allylic oxidation sites excluding steroid dienone is 1. The van der Waals surface area contributed by atoms with Gasteiger partial charge >= 0.3 is 0 Å². The summed E-state index contributed by atoms with van der Waals surface area (Å²) >= 11 is 0. The molecule has 3 rings (SSSR count). The Morgan fingerprint density at radius 2 is 1.88 bits per heavy atom. The highest BCUT2D eigenvalue weighted by atomic mass is 15.2. The van der Waals surface area contributed by atoms with E-state index in [1.54, 1.807) is 0 Å². The third kappa shape index (κ3) is 1.59. The van der Waals surface area contributed by atoms with Gasteiger partial charge in [-0.05, 0) is 55.8 Å². The van der Waals surface area contributed by atoms with E-state index in [1.807, 2.05) is 0 Å². The first-order valence-corrected chi connectivity index (χ1v) is 7.01. The third-order valence-electron chi connectivity index (χ3n) is 5.14. The van der Waals surface area contributed by atoms with Crippen LogP contribution in [0.3, 0.4) is 0 Å². The zero-order valence-corrected chi connectivity index (χ0v) is 10.8. The van der Waals surface area contributed by atoms with Crippen LogP contribution in [0.25, 0.3) is 0 Å². The minimum Gasteiger partial charge on any atom is -0.372 e. The van der Waals surface area contributed by atoms with E-state index in [0.29, 0.717) is 5.41 Å². The van der Waals surface area contributed by atoms with E-state index < -0.39 is 0 Å². The molecule has 0 N–H and O–H groups in total. The fraction of sp³-hybridized carbons (Fsp3) is 0.867. The first-order valence-electron chi connectivity index (χ1n) is 7.01. The van der Waals surface area contributed by atoms with Crippen LogP contribution >= 0.6 is 0 Å². The van der Waals surface area contributed by atoms with Crippen molar-refractivity contribution in [2.45, 2.75) is 58.4 Å². The van der Waals surface area contributed by atoms with Gasteiger partial charge in [0.1, 0.15) is 0 Å². The Morgan fingerprint density at radius 3 is 2.62 bits per heavy atom. The van der Waals surface area contributed by atoms with Crippen LogP contribution < -0.4 is 0 Å². The third-order valence-corrected chi connectivity index (χ3v) is 5.14. The zero-order chi connectivity index (χ0) is 11.3. The van der Waals surface area contributed by atoms with Gasteiger partial charge in [-0.3, -0.25) is 0 Å². The highest BCUT2D eigenvalue weighted by Gasteiger charge is 2.47. The van der Waals surface area contributed by atoms with E-state index in [0.717, 1.165) is 17.9 Å². The molecule has 0 spiro atoms. The Bertz CT molecular complexity index is 305. The lowest BCUT2D eigenvalue weighted by Crippen LogP contribution is -2.44. The molecule has 0 unspecified atom stereocenters. The van der Waals surface area contributed by atoms with Gasteiger partial charge in [-0.1, -0.05) is 20.4 Å². The lowest BCUT2D eigenvalue weighted by Gasteiger charge is -2.45. The molecule has 0 aromatic rings. The summed E-state index contributed by atoms with van der Waals surface area (Å²) in [5.41, 5.74) is 2.03. The Labute approximate surface area is 99.9 Å². The molecule has 16 heavy (non-hydrogen) atoms. The maximum atomic E-state index is 4.31. The fourth-order valence-electron chi connectivity index (χ4n) is 4.72. The van der Waals surface area contributed by atoms with Crippen molar-refractivity contribution in [3.05, 3.63) is 12.3 Å². The van der Waals surface area contributed by atoms with Crippen LogP contribution in [0.1, 0.15) is 52.4 Å². The smallest absolute Gasteiger partial charge is 0.0344 e. The number of rotatable bonds is 0. The SMILES string of the molecule is C=C1CCC[C@@H]2CC(C)(C)C[C@@H]3CCN1[C@H]23. The van der Waals surface area contributed by atoms with Gasteiger partial charge < -0.3 is 4.90 Å². The molecule has 0 radical (unpaired) electrons. The minimum absolute atomic E-state index is 0.591. The van der Waals surface area contributed by atoms with Gasteiger partial charge in [0.2, 0.25) is 0 Å².